The van der Waals surface area contributed by atoms with Crippen LogP contribution in [0, 0.1) is 0 Å². The molecule has 2 aromatic rings. The van der Waals surface area contributed by atoms with Crippen molar-refractivity contribution in [2.75, 3.05) is 6.61 Å². The maximum absolute atomic E-state index is 11.7. The number of hydrogen-bond donors (Lipinski definition) is 2. The maximum atomic E-state index is 11.7. The van der Waals surface area contributed by atoms with E-state index in [1.165, 1.54) is 10.4 Å². The Bertz CT molecular complexity index is 787. The number of H-pyrrole nitrogens is 1. The zero-order chi connectivity index (χ0) is 16.0. The second-order valence-electron chi connectivity index (χ2n) is 6.51. The van der Waals surface area contributed by atoms with Gasteiger partial charge in [0.1, 0.15) is 5.60 Å². The molecule has 0 aromatic carbocycles. The number of aromatic amines is 1. The average Bonchev–Trinajstić information content (AvgIpc) is 2.89. The number of halogens is 1. The lowest BCUT2D eigenvalue weighted by Crippen LogP contribution is -2.49. The van der Waals surface area contributed by atoms with Crippen LogP contribution in [0.1, 0.15) is 41.8 Å². The van der Waals surface area contributed by atoms with Gasteiger partial charge in [0.05, 0.1) is 10.9 Å². The van der Waals surface area contributed by atoms with Crippen LogP contribution in [-0.2, 0) is 16.8 Å². The summed E-state index contributed by atoms with van der Waals surface area (Å²) in [5.41, 5.74) is 1.98. The van der Waals surface area contributed by atoms with Gasteiger partial charge in [-0.05, 0) is 43.0 Å². The quantitative estimate of drug-likeness (QED) is 0.829. The number of nitrogens with one attached hydrogen (secondary N) is 2. The van der Waals surface area contributed by atoms with Crippen molar-refractivity contribution < 1.29 is 4.74 Å². The zero-order valence-electron chi connectivity index (χ0n) is 12.9. The fourth-order valence-corrected chi connectivity index (χ4v) is 5.42. The summed E-state index contributed by atoms with van der Waals surface area (Å²) < 4.78 is 7.16. The number of rotatable bonds is 1. The molecule has 0 radical (unpaired) electrons. The second-order valence-corrected chi connectivity index (χ2v) is 8.20. The molecule has 0 unspecified atom stereocenters. The number of pyridine rings is 1. The van der Waals surface area contributed by atoms with Gasteiger partial charge in [-0.3, -0.25) is 4.79 Å². The summed E-state index contributed by atoms with van der Waals surface area (Å²) in [5, 5.41) is 3.61. The summed E-state index contributed by atoms with van der Waals surface area (Å²) in [6.45, 7) is 2.91. The molecule has 4 nitrogen and oxygen atoms in total. The van der Waals surface area contributed by atoms with Gasteiger partial charge in [0.15, 0.2) is 0 Å². The van der Waals surface area contributed by atoms with Gasteiger partial charge in [-0.1, -0.05) is 11.6 Å². The summed E-state index contributed by atoms with van der Waals surface area (Å²) in [5.74, 6) is 0. The van der Waals surface area contributed by atoms with Crippen LogP contribution < -0.4 is 10.9 Å². The van der Waals surface area contributed by atoms with Crippen LogP contribution in [0.15, 0.2) is 29.2 Å². The highest BCUT2D eigenvalue weighted by Crippen LogP contribution is 2.49. The van der Waals surface area contributed by atoms with E-state index in [9.17, 15) is 4.79 Å². The highest BCUT2D eigenvalue weighted by atomic mass is 35.5. The maximum Gasteiger partial charge on any atom is 0.248 e. The van der Waals surface area contributed by atoms with Gasteiger partial charge >= 0.3 is 0 Å². The molecule has 3 atom stereocenters. The number of ether oxygens (including phenoxy) is 1. The second kappa shape index (κ2) is 5.74. The lowest BCUT2D eigenvalue weighted by Gasteiger charge is -2.46. The third kappa shape index (κ3) is 2.76. The van der Waals surface area contributed by atoms with Crippen molar-refractivity contribution in [3.05, 3.63) is 55.1 Å². The van der Waals surface area contributed by atoms with E-state index in [0.29, 0.717) is 6.04 Å². The summed E-state index contributed by atoms with van der Waals surface area (Å²) in [6.07, 6.45) is 4.39. The number of piperidine rings is 1. The largest absolute Gasteiger partial charge is 0.369 e. The summed E-state index contributed by atoms with van der Waals surface area (Å²) in [7, 11) is 0. The molecular weight excluding hydrogens is 332 g/mol. The number of hydrogen-bond acceptors (Lipinski definition) is 4. The van der Waals surface area contributed by atoms with Crippen LogP contribution in [0.3, 0.4) is 0 Å². The third-order valence-electron chi connectivity index (χ3n) is 4.80. The van der Waals surface area contributed by atoms with Gasteiger partial charge in [0.2, 0.25) is 5.56 Å². The normalized spacial score (nSPS) is 30.3. The lowest BCUT2D eigenvalue weighted by molar-refractivity contribution is -0.0954. The standard InChI is InChI=1S/C17H19ClN2O2S/c1-10-8-17(16-12(3-5-22-17)6-14(18)23-16)9-13(20-10)11-2-4-19-15(21)7-11/h2,4,6-7,10,13,20H,3,5,8-9H2,1H3,(H,19,21)/t10-,13-,17-/m0/s1. The van der Waals surface area contributed by atoms with E-state index in [4.69, 9.17) is 16.3 Å². The van der Waals surface area contributed by atoms with Crippen LogP contribution >= 0.6 is 22.9 Å². The molecule has 6 heteroatoms. The van der Waals surface area contributed by atoms with Gasteiger partial charge in [0, 0.05) is 35.6 Å². The molecule has 2 N–H and O–H groups in total. The van der Waals surface area contributed by atoms with E-state index < -0.39 is 0 Å². The lowest BCUT2D eigenvalue weighted by atomic mass is 9.78. The van der Waals surface area contributed by atoms with Crippen molar-refractivity contribution in [3.8, 4) is 0 Å². The van der Waals surface area contributed by atoms with Gasteiger partial charge in [-0.2, -0.15) is 0 Å². The first-order valence-corrected chi connectivity index (χ1v) is 9.12. The van der Waals surface area contributed by atoms with Crippen LogP contribution in [0.4, 0.5) is 0 Å². The molecule has 1 saturated heterocycles. The first-order valence-electron chi connectivity index (χ1n) is 7.93. The average molecular weight is 351 g/mol. The van der Waals surface area contributed by atoms with Gasteiger partial charge < -0.3 is 15.0 Å². The van der Waals surface area contributed by atoms with E-state index in [1.54, 1.807) is 23.6 Å². The van der Waals surface area contributed by atoms with Crippen molar-refractivity contribution in [2.45, 2.75) is 43.9 Å². The molecule has 0 bridgehead atoms. The molecule has 1 fully saturated rings. The Balaban J connectivity index is 1.74. The van der Waals surface area contributed by atoms with Gasteiger partial charge in [0.25, 0.3) is 0 Å². The molecule has 1 spiro atoms. The highest BCUT2D eigenvalue weighted by molar-refractivity contribution is 7.16. The monoisotopic (exact) mass is 350 g/mol. The summed E-state index contributed by atoms with van der Waals surface area (Å²) >= 11 is 7.91. The van der Waals surface area contributed by atoms with E-state index >= 15 is 0 Å². The van der Waals surface area contributed by atoms with E-state index in [1.807, 2.05) is 6.07 Å². The van der Waals surface area contributed by atoms with Crippen molar-refractivity contribution in [1.82, 2.24) is 10.3 Å². The molecule has 23 heavy (non-hydrogen) atoms. The Morgan fingerprint density at radius 1 is 1.39 bits per heavy atom. The number of aromatic nitrogens is 1. The van der Waals surface area contributed by atoms with Crippen LogP contribution in [0.5, 0.6) is 0 Å². The molecule has 2 aromatic heterocycles. The van der Waals surface area contributed by atoms with Crippen molar-refractivity contribution in [1.29, 1.82) is 0 Å². The number of thiophene rings is 1. The minimum absolute atomic E-state index is 0.0685. The molecule has 0 aliphatic carbocycles. The zero-order valence-corrected chi connectivity index (χ0v) is 14.5. The Morgan fingerprint density at radius 3 is 3.09 bits per heavy atom. The van der Waals surface area contributed by atoms with Crippen LogP contribution in [0.2, 0.25) is 4.34 Å². The van der Waals surface area contributed by atoms with Crippen molar-refractivity contribution in [2.24, 2.45) is 0 Å². The van der Waals surface area contributed by atoms with Gasteiger partial charge in [-0.15, -0.1) is 11.3 Å². The van der Waals surface area contributed by atoms with Crippen LogP contribution in [0.25, 0.3) is 0 Å². The topological polar surface area (TPSA) is 54.1 Å². The molecule has 4 heterocycles. The molecule has 4 rings (SSSR count). The Hall–Kier alpha value is -1.14. The molecule has 0 saturated carbocycles. The highest BCUT2D eigenvalue weighted by Gasteiger charge is 2.46. The molecule has 122 valence electrons. The predicted molar refractivity (Wildman–Crippen MR) is 92.3 cm³/mol. The Labute approximate surface area is 143 Å². The molecule has 2 aliphatic heterocycles. The van der Waals surface area contributed by atoms with E-state index in [-0.39, 0.29) is 17.2 Å². The Kier molecular flexibility index (Phi) is 3.84. The SMILES string of the molecule is C[C@H]1C[C@@]2(C[C@@H](c3cc[nH]c(=O)c3)N1)OCCc1cc(Cl)sc12. The molecule has 2 aliphatic rings. The molecule has 0 amide bonds. The predicted octanol–water partition coefficient (Wildman–Crippen LogP) is 3.37. The summed E-state index contributed by atoms with van der Waals surface area (Å²) in [4.78, 5) is 15.6. The smallest absolute Gasteiger partial charge is 0.248 e. The van der Waals surface area contributed by atoms with Crippen LogP contribution in [-0.4, -0.2) is 17.6 Å². The summed E-state index contributed by atoms with van der Waals surface area (Å²) in [6, 6.07) is 6.14. The minimum atomic E-state index is -0.288. The van der Waals surface area contributed by atoms with E-state index in [2.05, 4.69) is 23.3 Å². The first-order chi connectivity index (χ1) is 11.1. The third-order valence-corrected chi connectivity index (χ3v) is 6.29. The number of fused-ring (bicyclic) bond motifs is 2. The molecular formula is C17H19ClN2O2S. The fourth-order valence-electron chi connectivity index (χ4n) is 3.95. The van der Waals surface area contributed by atoms with Crippen molar-refractivity contribution >= 4 is 22.9 Å². The minimum Gasteiger partial charge on any atom is -0.369 e. The first kappa shape index (κ1) is 15.4. The Morgan fingerprint density at radius 2 is 2.26 bits per heavy atom. The fraction of sp³-hybridized carbons (Fsp3) is 0.471. The van der Waals surface area contributed by atoms with Gasteiger partial charge in [-0.25, -0.2) is 0 Å². The van der Waals surface area contributed by atoms with E-state index in [0.717, 1.165) is 35.8 Å². The van der Waals surface area contributed by atoms with Crippen molar-refractivity contribution in [3.63, 3.8) is 0 Å².